The van der Waals surface area contributed by atoms with E-state index < -0.39 is 0 Å². The molecule has 3 N–H and O–H groups in total. The van der Waals surface area contributed by atoms with Gasteiger partial charge in [0.1, 0.15) is 0 Å². The molecule has 1 atom stereocenters. The largest absolute Gasteiger partial charge is 0.333 e. The fourth-order valence-electron chi connectivity index (χ4n) is 2.49. The van der Waals surface area contributed by atoms with E-state index in [9.17, 15) is 0 Å². The lowest BCUT2D eigenvalue weighted by Gasteiger charge is -2.12. The van der Waals surface area contributed by atoms with Gasteiger partial charge >= 0.3 is 0 Å². The number of para-hydroxylation sites is 2. The highest BCUT2D eigenvalue weighted by atomic mass is 32.2. The van der Waals surface area contributed by atoms with Crippen molar-refractivity contribution in [1.29, 1.82) is 0 Å². The number of fused-ring (bicyclic) bond motifs is 1. The van der Waals surface area contributed by atoms with Gasteiger partial charge in [0.25, 0.3) is 0 Å². The number of nitrogens with two attached hydrogens (primary N) is 1. The second-order valence-electron chi connectivity index (χ2n) is 5.40. The molecule has 0 bridgehead atoms. The van der Waals surface area contributed by atoms with Gasteiger partial charge in [-0.15, -0.1) is 0 Å². The molecule has 0 aliphatic rings. The first-order chi connectivity index (χ1) is 10.1. The maximum Gasteiger partial charge on any atom is 0.166 e. The van der Waals surface area contributed by atoms with Crippen molar-refractivity contribution in [1.82, 2.24) is 9.97 Å². The van der Waals surface area contributed by atoms with Gasteiger partial charge in [0.2, 0.25) is 0 Å². The molecule has 108 valence electrons. The summed E-state index contributed by atoms with van der Waals surface area (Å²) in [5.41, 5.74) is 12.1. The number of nitrogens with zero attached hydrogens (tertiary/aromatic N) is 1. The lowest BCUT2D eigenvalue weighted by Crippen LogP contribution is -2.13. The van der Waals surface area contributed by atoms with Gasteiger partial charge < -0.3 is 10.7 Å². The van der Waals surface area contributed by atoms with E-state index in [1.807, 2.05) is 24.3 Å². The summed E-state index contributed by atoms with van der Waals surface area (Å²) in [6.07, 6.45) is 0. The lowest BCUT2D eigenvalue weighted by molar-refractivity contribution is 0.826. The number of hydrogen-bond donors (Lipinski definition) is 2. The quantitative estimate of drug-likeness (QED) is 0.716. The van der Waals surface area contributed by atoms with Crippen LogP contribution in [0.15, 0.2) is 47.6 Å². The van der Waals surface area contributed by atoms with Gasteiger partial charge in [-0.2, -0.15) is 0 Å². The lowest BCUT2D eigenvalue weighted by atomic mass is 10.0. The number of aryl methyl sites for hydroxylation is 2. The molecule has 1 aromatic heterocycles. The number of thioether (sulfide) groups is 1. The summed E-state index contributed by atoms with van der Waals surface area (Å²) in [6.45, 7) is 4.21. The van der Waals surface area contributed by atoms with Crippen LogP contribution in [0.2, 0.25) is 0 Å². The fraction of sp³-hybridized carbons (Fsp3) is 0.235. The van der Waals surface area contributed by atoms with E-state index in [0.717, 1.165) is 21.9 Å². The van der Waals surface area contributed by atoms with Crippen LogP contribution in [0.4, 0.5) is 0 Å². The van der Waals surface area contributed by atoms with Crippen molar-refractivity contribution < 1.29 is 0 Å². The Kier molecular flexibility index (Phi) is 3.99. The standard InChI is InChI=1S/C17H19N3S/c1-11-7-12(2)9-13(8-11)14(18)10-21-17-19-15-5-3-4-6-16(15)20-17/h3-9,14H,10,18H2,1-2H3,(H,19,20). The van der Waals surface area contributed by atoms with Gasteiger partial charge in [-0.3, -0.25) is 0 Å². The average molecular weight is 297 g/mol. The van der Waals surface area contributed by atoms with Gasteiger partial charge in [-0.05, 0) is 31.5 Å². The second-order valence-corrected chi connectivity index (χ2v) is 6.41. The van der Waals surface area contributed by atoms with Crippen LogP contribution < -0.4 is 5.73 Å². The molecule has 0 fully saturated rings. The van der Waals surface area contributed by atoms with Crippen molar-refractivity contribution in [2.45, 2.75) is 25.0 Å². The van der Waals surface area contributed by atoms with Gasteiger partial charge in [-0.25, -0.2) is 4.98 Å². The summed E-state index contributed by atoms with van der Waals surface area (Å²) < 4.78 is 0. The normalized spacial score (nSPS) is 12.7. The Morgan fingerprint density at radius 2 is 1.86 bits per heavy atom. The first-order valence-corrected chi connectivity index (χ1v) is 8.02. The monoisotopic (exact) mass is 297 g/mol. The van der Waals surface area contributed by atoms with Crippen LogP contribution in [-0.4, -0.2) is 15.7 Å². The molecule has 3 rings (SSSR count). The molecule has 0 aliphatic heterocycles. The van der Waals surface area contributed by atoms with Crippen LogP contribution in [0, 0.1) is 13.8 Å². The Bertz CT molecular complexity index is 710. The number of aromatic amines is 1. The van der Waals surface area contributed by atoms with Gasteiger partial charge in [0.15, 0.2) is 5.16 Å². The summed E-state index contributed by atoms with van der Waals surface area (Å²) >= 11 is 1.67. The number of benzene rings is 2. The van der Waals surface area contributed by atoms with Crippen LogP contribution in [0.25, 0.3) is 11.0 Å². The molecule has 0 spiro atoms. The molecule has 0 saturated carbocycles. The summed E-state index contributed by atoms with van der Waals surface area (Å²) in [5, 5.41) is 0.927. The van der Waals surface area contributed by atoms with E-state index in [-0.39, 0.29) is 6.04 Å². The predicted octanol–water partition coefficient (Wildman–Crippen LogP) is 3.97. The van der Waals surface area contributed by atoms with Gasteiger partial charge in [0, 0.05) is 11.8 Å². The van der Waals surface area contributed by atoms with Crippen molar-refractivity contribution in [3.63, 3.8) is 0 Å². The van der Waals surface area contributed by atoms with Crippen LogP contribution in [-0.2, 0) is 0 Å². The summed E-state index contributed by atoms with van der Waals surface area (Å²) in [5.74, 6) is 0.808. The highest BCUT2D eigenvalue weighted by molar-refractivity contribution is 7.99. The van der Waals surface area contributed by atoms with E-state index in [0.29, 0.717) is 0 Å². The van der Waals surface area contributed by atoms with Crippen molar-refractivity contribution in [2.24, 2.45) is 5.73 Å². The molecule has 21 heavy (non-hydrogen) atoms. The molecule has 1 heterocycles. The van der Waals surface area contributed by atoms with Crippen molar-refractivity contribution in [2.75, 3.05) is 5.75 Å². The first kappa shape index (κ1) is 14.2. The molecule has 4 heteroatoms. The van der Waals surface area contributed by atoms with E-state index in [4.69, 9.17) is 5.73 Å². The summed E-state index contributed by atoms with van der Waals surface area (Å²) in [4.78, 5) is 7.89. The number of nitrogens with one attached hydrogen (secondary N) is 1. The minimum absolute atomic E-state index is 0.0156. The minimum Gasteiger partial charge on any atom is -0.333 e. The van der Waals surface area contributed by atoms with E-state index in [1.165, 1.54) is 16.7 Å². The number of hydrogen-bond acceptors (Lipinski definition) is 3. The third kappa shape index (κ3) is 3.28. The molecular formula is C17H19N3S. The average Bonchev–Trinajstić information content (AvgIpc) is 2.86. The Labute approximate surface area is 129 Å². The van der Waals surface area contributed by atoms with Crippen molar-refractivity contribution >= 4 is 22.8 Å². The maximum atomic E-state index is 6.31. The topological polar surface area (TPSA) is 54.7 Å². The van der Waals surface area contributed by atoms with Crippen LogP contribution in [0.3, 0.4) is 0 Å². The third-order valence-corrected chi connectivity index (χ3v) is 4.43. The number of rotatable bonds is 4. The van der Waals surface area contributed by atoms with Crippen molar-refractivity contribution in [3.05, 3.63) is 59.2 Å². The SMILES string of the molecule is Cc1cc(C)cc(C(N)CSc2nc3ccccc3[nH]2)c1. The highest BCUT2D eigenvalue weighted by Gasteiger charge is 2.10. The highest BCUT2D eigenvalue weighted by Crippen LogP contribution is 2.24. The molecule has 0 radical (unpaired) electrons. The fourth-order valence-corrected chi connectivity index (χ4v) is 3.36. The molecule has 0 aliphatic carbocycles. The maximum absolute atomic E-state index is 6.31. The number of H-pyrrole nitrogens is 1. The van der Waals surface area contributed by atoms with E-state index >= 15 is 0 Å². The van der Waals surface area contributed by atoms with Crippen LogP contribution in [0.5, 0.6) is 0 Å². The predicted molar refractivity (Wildman–Crippen MR) is 89.7 cm³/mol. The molecule has 3 aromatic rings. The Balaban J connectivity index is 1.71. The van der Waals surface area contributed by atoms with Gasteiger partial charge in [-0.1, -0.05) is 53.2 Å². The van der Waals surface area contributed by atoms with Crippen LogP contribution in [0.1, 0.15) is 22.7 Å². The summed E-state index contributed by atoms with van der Waals surface area (Å²) in [7, 11) is 0. The zero-order valence-corrected chi connectivity index (χ0v) is 13.1. The van der Waals surface area contributed by atoms with E-state index in [1.54, 1.807) is 11.8 Å². The molecule has 2 aromatic carbocycles. The first-order valence-electron chi connectivity index (χ1n) is 7.03. The molecule has 1 unspecified atom stereocenters. The third-order valence-electron chi connectivity index (χ3n) is 3.44. The Morgan fingerprint density at radius 3 is 2.57 bits per heavy atom. The smallest absolute Gasteiger partial charge is 0.166 e. The van der Waals surface area contributed by atoms with Gasteiger partial charge in [0.05, 0.1) is 11.0 Å². The zero-order valence-electron chi connectivity index (χ0n) is 12.3. The summed E-state index contributed by atoms with van der Waals surface area (Å²) in [6, 6.07) is 14.6. The van der Waals surface area contributed by atoms with Crippen molar-refractivity contribution in [3.8, 4) is 0 Å². The van der Waals surface area contributed by atoms with Crippen LogP contribution >= 0.6 is 11.8 Å². The Hall–Kier alpha value is -1.78. The number of imidazole rings is 1. The molecule has 3 nitrogen and oxygen atoms in total. The second kappa shape index (κ2) is 5.92. The molecular weight excluding hydrogens is 278 g/mol. The van der Waals surface area contributed by atoms with E-state index in [2.05, 4.69) is 42.0 Å². The minimum atomic E-state index is 0.0156. The zero-order chi connectivity index (χ0) is 14.8. The number of aromatic nitrogens is 2. The Morgan fingerprint density at radius 1 is 1.14 bits per heavy atom. The molecule has 0 saturated heterocycles. The molecule has 0 amide bonds.